The van der Waals surface area contributed by atoms with Crippen LogP contribution in [0.1, 0.15) is 12.8 Å². The van der Waals surface area contributed by atoms with E-state index < -0.39 is 7.80 Å². The quantitative estimate of drug-likeness (QED) is 0.424. The van der Waals surface area contributed by atoms with Crippen LogP contribution in [0.5, 0.6) is 0 Å². The van der Waals surface area contributed by atoms with Gasteiger partial charge in [0, 0.05) is 0 Å². The number of rotatable bonds is 0. The molecule has 0 aromatic heterocycles. The predicted octanol–water partition coefficient (Wildman–Crippen LogP) is 1.34. The van der Waals surface area contributed by atoms with Gasteiger partial charge < -0.3 is 4.57 Å². The molecular formula is C4H9OP. The van der Waals surface area contributed by atoms with E-state index in [0.29, 0.717) is 0 Å². The zero-order valence-corrected chi connectivity index (χ0v) is 4.74. The zero-order chi connectivity index (χ0) is 4.41. The highest BCUT2D eigenvalue weighted by Gasteiger charge is 2.05. The van der Waals surface area contributed by atoms with E-state index in [1.807, 2.05) is 0 Å². The van der Waals surface area contributed by atoms with Gasteiger partial charge in [-0.1, -0.05) is 0 Å². The van der Waals surface area contributed by atoms with Crippen LogP contribution in [0.2, 0.25) is 0 Å². The second-order valence-electron chi connectivity index (χ2n) is 1.75. The van der Waals surface area contributed by atoms with Gasteiger partial charge in [-0.3, -0.25) is 0 Å². The largest absolute Gasteiger partial charge is 0.327 e. The average Bonchev–Trinajstić information content (AvgIpc) is 1.86. The lowest BCUT2D eigenvalue weighted by atomic mass is 10.4. The highest BCUT2D eigenvalue weighted by Crippen LogP contribution is 2.30. The summed E-state index contributed by atoms with van der Waals surface area (Å²) in [6.45, 7) is 0. The van der Waals surface area contributed by atoms with Crippen molar-refractivity contribution >= 4 is 7.80 Å². The van der Waals surface area contributed by atoms with Gasteiger partial charge in [0.25, 0.3) is 0 Å². The lowest BCUT2D eigenvalue weighted by Crippen LogP contribution is -1.58. The van der Waals surface area contributed by atoms with Crippen molar-refractivity contribution in [2.45, 2.75) is 12.8 Å². The molecule has 0 aromatic carbocycles. The maximum atomic E-state index is 10.4. The Morgan fingerprint density at radius 3 is 1.83 bits per heavy atom. The Morgan fingerprint density at radius 1 is 1.17 bits per heavy atom. The van der Waals surface area contributed by atoms with E-state index in [1.165, 1.54) is 12.8 Å². The van der Waals surface area contributed by atoms with Crippen LogP contribution >= 0.6 is 7.80 Å². The maximum absolute atomic E-state index is 10.4. The molecule has 36 valence electrons. The molecule has 0 bridgehead atoms. The first-order chi connectivity index (χ1) is 2.89. The Labute approximate surface area is 38.5 Å². The molecule has 0 unspecified atom stereocenters. The first kappa shape index (κ1) is 4.39. The zero-order valence-electron chi connectivity index (χ0n) is 3.74. The lowest BCUT2D eigenvalue weighted by Gasteiger charge is -1.74. The molecule has 0 saturated carbocycles. The molecule has 6 heavy (non-hydrogen) atoms. The summed E-state index contributed by atoms with van der Waals surface area (Å²) in [4.78, 5) is 0. The van der Waals surface area contributed by atoms with E-state index in [0.717, 1.165) is 12.3 Å². The summed E-state index contributed by atoms with van der Waals surface area (Å²) in [5.74, 6) is 0. The third kappa shape index (κ3) is 0.844. The Balaban J connectivity index is 2.37. The van der Waals surface area contributed by atoms with E-state index in [1.54, 1.807) is 0 Å². The smallest absolute Gasteiger partial charge is 0.0762 e. The summed E-state index contributed by atoms with van der Waals surface area (Å²) >= 11 is 0. The average molecular weight is 104 g/mol. The van der Waals surface area contributed by atoms with Crippen molar-refractivity contribution < 1.29 is 4.57 Å². The van der Waals surface area contributed by atoms with Gasteiger partial charge in [-0.05, 0) is 25.2 Å². The summed E-state index contributed by atoms with van der Waals surface area (Å²) in [5.41, 5.74) is 0. The summed E-state index contributed by atoms with van der Waals surface area (Å²) in [6, 6.07) is 0. The first-order valence-electron chi connectivity index (χ1n) is 2.41. The first-order valence-corrected chi connectivity index (χ1v) is 4.23. The lowest BCUT2D eigenvalue weighted by molar-refractivity contribution is 0.591. The van der Waals surface area contributed by atoms with E-state index in [4.69, 9.17) is 0 Å². The minimum atomic E-state index is -1.01. The van der Waals surface area contributed by atoms with Crippen molar-refractivity contribution in [3.8, 4) is 0 Å². The number of hydrogen-bond acceptors (Lipinski definition) is 1. The third-order valence-corrected chi connectivity index (χ3v) is 2.98. The summed E-state index contributed by atoms with van der Waals surface area (Å²) < 4.78 is 10.4. The standard InChI is InChI=1S/C4H9OP/c5-6-3-1-2-4-6/h6H,1-4H2. The van der Waals surface area contributed by atoms with Gasteiger partial charge in [-0.2, -0.15) is 0 Å². The second-order valence-corrected chi connectivity index (χ2v) is 3.82. The van der Waals surface area contributed by atoms with Gasteiger partial charge in [-0.25, -0.2) is 0 Å². The van der Waals surface area contributed by atoms with Crippen molar-refractivity contribution in [2.24, 2.45) is 0 Å². The van der Waals surface area contributed by atoms with Crippen LogP contribution in [0.3, 0.4) is 0 Å². The molecule has 0 atom stereocenters. The van der Waals surface area contributed by atoms with Gasteiger partial charge >= 0.3 is 0 Å². The van der Waals surface area contributed by atoms with Gasteiger partial charge in [0.2, 0.25) is 0 Å². The number of hydrogen-bond donors (Lipinski definition) is 0. The summed E-state index contributed by atoms with van der Waals surface area (Å²) in [5, 5.41) is 0. The highest BCUT2D eigenvalue weighted by molar-refractivity contribution is 7.45. The molecule has 1 heterocycles. The van der Waals surface area contributed by atoms with Gasteiger partial charge in [0.1, 0.15) is 0 Å². The molecular weight excluding hydrogens is 95.0 g/mol. The fourth-order valence-electron chi connectivity index (χ4n) is 0.769. The third-order valence-electron chi connectivity index (χ3n) is 1.16. The van der Waals surface area contributed by atoms with E-state index in [2.05, 4.69) is 0 Å². The second kappa shape index (κ2) is 1.79. The molecule has 1 nitrogen and oxygen atoms in total. The fourth-order valence-corrected chi connectivity index (χ4v) is 2.31. The molecule has 0 spiro atoms. The fraction of sp³-hybridized carbons (Fsp3) is 1.00. The Kier molecular flexibility index (Phi) is 1.31. The minimum Gasteiger partial charge on any atom is -0.327 e. The van der Waals surface area contributed by atoms with Crippen molar-refractivity contribution in [2.75, 3.05) is 12.3 Å². The maximum Gasteiger partial charge on any atom is 0.0762 e. The molecule has 1 saturated heterocycles. The van der Waals surface area contributed by atoms with Crippen molar-refractivity contribution in [3.63, 3.8) is 0 Å². The Morgan fingerprint density at radius 2 is 1.67 bits per heavy atom. The van der Waals surface area contributed by atoms with E-state index in [-0.39, 0.29) is 0 Å². The van der Waals surface area contributed by atoms with Crippen LogP contribution in [-0.4, -0.2) is 12.3 Å². The molecule has 1 rings (SSSR count). The van der Waals surface area contributed by atoms with Crippen molar-refractivity contribution in [3.05, 3.63) is 0 Å². The molecule has 1 fully saturated rings. The Bertz CT molecular complexity index is 61.9. The van der Waals surface area contributed by atoms with Crippen molar-refractivity contribution in [1.82, 2.24) is 0 Å². The normalized spacial score (nSPS) is 25.3. The van der Waals surface area contributed by atoms with Gasteiger partial charge in [-0.15, -0.1) is 0 Å². The predicted molar refractivity (Wildman–Crippen MR) is 28.0 cm³/mol. The summed E-state index contributed by atoms with van der Waals surface area (Å²) in [7, 11) is -1.01. The van der Waals surface area contributed by atoms with Crippen LogP contribution in [0.15, 0.2) is 0 Å². The molecule has 2 heteroatoms. The SMILES string of the molecule is O=[PH]1CCCC1. The molecule has 0 radical (unpaired) electrons. The highest BCUT2D eigenvalue weighted by atomic mass is 31.1. The van der Waals surface area contributed by atoms with Crippen LogP contribution in [-0.2, 0) is 4.57 Å². The van der Waals surface area contributed by atoms with Crippen molar-refractivity contribution in [1.29, 1.82) is 0 Å². The van der Waals surface area contributed by atoms with Gasteiger partial charge in [0.15, 0.2) is 0 Å². The van der Waals surface area contributed by atoms with Crippen LogP contribution < -0.4 is 0 Å². The molecule has 0 aromatic rings. The van der Waals surface area contributed by atoms with Crippen LogP contribution in [0.4, 0.5) is 0 Å². The topological polar surface area (TPSA) is 17.1 Å². The Hall–Kier alpha value is 0.230. The van der Waals surface area contributed by atoms with Crippen LogP contribution in [0, 0.1) is 0 Å². The molecule has 1 aliphatic heterocycles. The minimum absolute atomic E-state index is 1.01. The van der Waals surface area contributed by atoms with E-state index in [9.17, 15) is 4.57 Å². The monoisotopic (exact) mass is 104 g/mol. The molecule has 0 amide bonds. The van der Waals surface area contributed by atoms with Gasteiger partial charge in [0.05, 0.1) is 7.80 Å². The summed E-state index contributed by atoms with van der Waals surface area (Å²) in [6.07, 6.45) is 4.50. The molecule has 0 N–H and O–H groups in total. The molecule has 0 aliphatic carbocycles. The molecule has 1 aliphatic rings. The van der Waals surface area contributed by atoms with E-state index >= 15 is 0 Å². The van der Waals surface area contributed by atoms with Crippen LogP contribution in [0.25, 0.3) is 0 Å².